The second-order valence-electron chi connectivity index (χ2n) is 13.7. The van der Waals surface area contributed by atoms with Crippen molar-refractivity contribution in [3.8, 4) is 39.1 Å². The Balaban J connectivity index is 1.28. The Bertz CT molecular complexity index is 2830. The summed E-state index contributed by atoms with van der Waals surface area (Å²) in [6.45, 7) is 2.19. The fraction of sp³-hybridized carbons (Fsp3) is 0.0625. The number of nitrogens with zero attached hydrogens (tertiary/aromatic N) is 2. The van der Waals surface area contributed by atoms with E-state index in [4.69, 9.17) is 4.98 Å². The smallest absolute Gasteiger partial charge is 0.114 e. The van der Waals surface area contributed by atoms with E-state index >= 15 is 0 Å². The van der Waals surface area contributed by atoms with Crippen LogP contribution in [0.15, 0.2) is 164 Å². The van der Waals surface area contributed by atoms with E-state index in [1.807, 2.05) is 0 Å². The molecule has 0 unspecified atom stereocenters. The molecule has 2 nitrogen and oxygen atoms in total. The van der Waals surface area contributed by atoms with Crippen LogP contribution < -0.4 is 0 Å². The van der Waals surface area contributed by atoms with E-state index < -0.39 is 5.41 Å². The second-order valence-corrected chi connectivity index (χ2v) is 13.7. The zero-order valence-electron chi connectivity index (χ0n) is 27.7. The SMILES string of the molecule is CCc1nc2ccccc2n1-c1cccc(-c2cc3c(c4ccccc24)-c2c(ccc4ccccc24)C32c3ccccc3-c3ccccc32)c1. The van der Waals surface area contributed by atoms with E-state index in [-0.39, 0.29) is 0 Å². The molecule has 8 aromatic carbocycles. The average molecular weight is 637 g/mol. The van der Waals surface area contributed by atoms with Gasteiger partial charge in [0.05, 0.1) is 16.4 Å². The Morgan fingerprint density at radius 3 is 1.96 bits per heavy atom. The fourth-order valence-electron chi connectivity index (χ4n) is 9.41. The highest BCUT2D eigenvalue weighted by Gasteiger charge is 2.52. The molecule has 0 atom stereocenters. The van der Waals surface area contributed by atoms with E-state index in [9.17, 15) is 0 Å². The van der Waals surface area contributed by atoms with Crippen LogP contribution in [-0.4, -0.2) is 9.55 Å². The highest BCUT2D eigenvalue weighted by atomic mass is 15.1. The summed E-state index contributed by atoms with van der Waals surface area (Å²) in [6.07, 6.45) is 0.855. The van der Waals surface area contributed by atoms with Crippen molar-refractivity contribution < 1.29 is 0 Å². The van der Waals surface area contributed by atoms with Crippen molar-refractivity contribution in [1.82, 2.24) is 9.55 Å². The Morgan fingerprint density at radius 2 is 1.16 bits per heavy atom. The standard InChI is InChI=1S/C48H32N2/c1-2-45-49-43-24-11-12-25-44(43)50(45)32-16-13-15-31(28-32)38-29-42-47(37-21-6-5-18-34(37)38)46-33-17-4-3-14-30(33)26-27-41(46)48(42)39-22-9-7-19-35(39)36-20-8-10-23-40(36)48/h3-29H,2H2,1H3. The number of fused-ring (bicyclic) bond motifs is 15. The minimum Gasteiger partial charge on any atom is -0.296 e. The minimum atomic E-state index is -0.436. The lowest BCUT2D eigenvalue weighted by atomic mass is 9.70. The summed E-state index contributed by atoms with van der Waals surface area (Å²) in [4.78, 5) is 5.01. The third-order valence-electron chi connectivity index (χ3n) is 11.3. The van der Waals surface area contributed by atoms with E-state index in [0.29, 0.717) is 0 Å². The molecule has 1 spiro atoms. The zero-order chi connectivity index (χ0) is 33.0. The van der Waals surface area contributed by atoms with Crippen LogP contribution in [0.1, 0.15) is 35.0 Å². The van der Waals surface area contributed by atoms with E-state index in [1.54, 1.807) is 0 Å². The summed E-state index contributed by atoms with van der Waals surface area (Å²) in [5.41, 5.74) is 16.2. The summed E-state index contributed by atoms with van der Waals surface area (Å²) in [5.74, 6) is 1.07. The first-order valence-corrected chi connectivity index (χ1v) is 17.6. The van der Waals surface area contributed by atoms with Crippen LogP contribution >= 0.6 is 0 Å². The first-order valence-electron chi connectivity index (χ1n) is 17.6. The number of hydrogen-bond donors (Lipinski definition) is 0. The minimum absolute atomic E-state index is 0.436. The number of rotatable bonds is 3. The molecule has 0 amide bonds. The Kier molecular flexibility index (Phi) is 5.61. The van der Waals surface area contributed by atoms with Crippen molar-refractivity contribution in [1.29, 1.82) is 0 Å². The van der Waals surface area contributed by atoms with Gasteiger partial charge in [0.2, 0.25) is 0 Å². The molecule has 0 bridgehead atoms. The molecule has 1 aromatic heterocycles. The summed E-state index contributed by atoms with van der Waals surface area (Å²) < 4.78 is 2.33. The summed E-state index contributed by atoms with van der Waals surface area (Å²) in [7, 11) is 0. The quantitative estimate of drug-likeness (QED) is 0.189. The van der Waals surface area contributed by atoms with Gasteiger partial charge in [-0.3, -0.25) is 4.57 Å². The molecule has 11 rings (SSSR count). The summed E-state index contributed by atoms with van der Waals surface area (Å²) >= 11 is 0. The van der Waals surface area contributed by atoms with Gasteiger partial charge in [-0.25, -0.2) is 4.98 Å². The molecule has 0 fully saturated rings. The first-order chi connectivity index (χ1) is 24.8. The molecule has 1 heterocycles. The fourth-order valence-corrected chi connectivity index (χ4v) is 9.41. The molecule has 9 aromatic rings. The molecule has 0 aliphatic heterocycles. The molecule has 50 heavy (non-hydrogen) atoms. The third-order valence-corrected chi connectivity index (χ3v) is 11.3. The van der Waals surface area contributed by atoms with Crippen LogP contribution in [0, 0.1) is 0 Å². The average Bonchev–Trinajstić information content (AvgIpc) is 3.82. The van der Waals surface area contributed by atoms with Gasteiger partial charge in [-0.2, -0.15) is 0 Å². The maximum atomic E-state index is 5.01. The molecule has 234 valence electrons. The summed E-state index contributed by atoms with van der Waals surface area (Å²) in [6, 6.07) is 61.0. The number of para-hydroxylation sites is 2. The van der Waals surface area contributed by atoms with Gasteiger partial charge in [-0.15, -0.1) is 0 Å². The molecule has 0 N–H and O–H groups in total. The number of benzene rings is 8. The van der Waals surface area contributed by atoms with Gasteiger partial charge in [0.25, 0.3) is 0 Å². The van der Waals surface area contributed by atoms with Gasteiger partial charge in [0.1, 0.15) is 5.82 Å². The number of hydrogen-bond acceptors (Lipinski definition) is 1. The number of aryl methyl sites for hydroxylation is 1. The molecule has 0 radical (unpaired) electrons. The Morgan fingerprint density at radius 1 is 0.500 bits per heavy atom. The highest BCUT2D eigenvalue weighted by molar-refractivity contribution is 6.16. The monoisotopic (exact) mass is 636 g/mol. The van der Waals surface area contributed by atoms with Gasteiger partial charge in [0.15, 0.2) is 0 Å². The normalized spacial score (nSPS) is 13.5. The maximum Gasteiger partial charge on any atom is 0.114 e. The van der Waals surface area contributed by atoms with Crippen LogP contribution in [0.4, 0.5) is 0 Å². The number of aromatic nitrogens is 2. The highest BCUT2D eigenvalue weighted by Crippen LogP contribution is 2.65. The molecule has 2 aliphatic rings. The predicted octanol–water partition coefficient (Wildman–Crippen LogP) is 11.9. The van der Waals surface area contributed by atoms with Crippen LogP contribution in [0.5, 0.6) is 0 Å². The van der Waals surface area contributed by atoms with Crippen molar-refractivity contribution >= 4 is 32.6 Å². The Hall–Kier alpha value is -6.25. The molecule has 0 saturated heterocycles. The maximum absolute atomic E-state index is 5.01. The van der Waals surface area contributed by atoms with Crippen LogP contribution in [0.25, 0.3) is 71.6 Å². The van der Waals surface area contributed by atoms with Gasteiger partial charge in [-0.05, 0) is 108 Å². The van der Waals surface area contributed by atoms with Crippen LogP contribution in [-0.2, 0) is 11.8 Å². The Labute approximate surface area is 290 Å². The van der Waals surface area contributed by atoms with Gasteiger partial charge < -0.3 is 0 Å². The lowest BCUT2D eigenvalue weighted by Crippen LogP contribution is -2.26. The largest absolute Gasteiger partial charge is 0.296 e. The molecule has 2 aliphatic carbocycles. The van der Waals surface area contributed by atoms with Crippen LogP contribution in [0.3, 0.4) is 0 Å². The van der Waals surface area contributed by atoms with Gasteiger partial charge in [0, 0.05) is 12.1 Å². The first kappa shape index (κ1) is 27.7. The lowest BCUT2D eigenvalue weighted by Gasteiger charge is -2.31. The third kappa shape index (κ3) is 3.45. The van der Waals surface area contributed by atoms with Crippen molar-refractivity contribution in [2.75, 3.05) is 0 Å². The molecular weight excluding hydrogens is 605 g/mol. The van der Waals surface area contributed by atoms with E-state index in [0.717, 1.165) is 29.0 Å². The number of imidazole rings is 1. The molecular formula is C48H32N2. The zero-order valence-corrected chi connectivity index (χ0v) is 27.7. The molecule has 0 saturated carbocycles. The predicted molar refractivity (Wildman–Crippen MR) is 207 cm³/mol. The van der Waals surface area contributed by atoms with Gasteiger partial charge in [-0.1, -0.05) is 140 Å². The van der Waals surface area contributed by atoms with Crippen molar-refractivity contribution in [2.24, 2.45) is 0 Å². The van der Waals surface area contributed by atoms with E-state index in [1.165, 1.54) is 77.2 Å². The lowest BCUT2D eigenvalue weighted by molar-refractivity contribution is 0.795. The van der Waals surface area contributed by atoms with Crippen molar-refractivity contribution in [3.63, 3.8) is 0 Å². The van der Waals surface area contributed by atoms with Crippen LogP contribution in [0.2, 0.25) is 0 Å². The van der Waals surface area contributed by atoms with Crippen molar-refractivity contribution in [2.45, 2.75) is 18.8 Å². The topological polar surface area (TPSA) is 17.8 Å². The van der Waals surface area contributed by atoms with Gasteiger partial charge >= 0.3 is 0 Å². The van der Waals surface area contributed by atoms with E-state index in [2.05, 4.69) is 175 Å². The molecule has 2 heteroatoms. The summed E-state index contributed by atoms with van der Waals surface area (Å²) in [5, 5.41) is 5.15. The van der Waals surface area contributed by atoms with Crippen molar-refractivity contribution in [3.05, 3.63) is 192 Å². The second kappa shape index (κ2) is 10.1.